The van der Waals surface area contributed by atoms with E-state index in [9.17, 15) is 9.59 Å². The first-order chi connectivity index (χ1) is 9.77. The number of ether oxygens (including phenoxy) is 1. The van der Waals surface area contributed by atoms with Gasteiger partial charge < -0.3 is 4.74 Å². The number of likely N-dealkylation sites (N-methyl/N-ethyl adjacent to an activating group) is 1. The third-order valence-corrected chi connectivity index (χ3v) is 3.43. The lowest BCUT2D eigenvalue weighted by Gasteiger charge is -2.24. The summed E-state index contributed by atoms with van der Waals surface area (Å²) < 4.78 is 4.97. The molecule has 0 N–H and O–H groups in total. The average molecular weight is 291 g/mol. The molecule has 21 heavy (non-hydrogen) atoms. The standard InChI is InChI=1S/C17H25NO3/c1-6-21-16(20)17(3,4)15(19)12-18(5)11-14-9-7-8-13(2)10-14/h7-10H,6,11-12H2,1-5H3. The monoisotopic (exact) mass is 291 g/mol. The van der Waals surface area contributed by atoms with Crippen molar-refractivity contribution in [2.75, 3.05) is 20.2 Å². The van der Waals surface area contributed by atoms with Crippen LogP contribution >= 0.6 is 0 Å². The van der Waals surface area contributed by atoms with Gasteiger partial charge >= 0.3 is 5.97 Å². The second-order valence-electron chi connectivity index (χ2n) is 5.93. The molecule has 0 aliphatic heterocycles. The number of rotatable bonds is 7. The van der Waals surface area contributed by atoms with Crippen LogP contribution in [-0.4, -0.2) is 36.9 Å². The molecule has 0 saturated heterocycles. The Balaban J connectivity index is 2.63. The van der Waals surface area contributed by atoms with Crippen molar-refractivity contribution in [2.45, 2.75) is 34.2 Å². The second kappa shape index (κ2) is 7.36. The Bertz CT molecular complexity index is 509. The molecule has 4 nitrogen and oxygen atoms in total. The Kier molecular flexibility index (Phi) is 6.09. The molecular formula is C17H25NO3. The zero-order chi connectivity index (χ0) is 16.0. The Labute approximate surface area is 127 Å². The van der Waals surface area contributed by atoms with Crippen LogP contribution in [0.4, 0.5) is 0 Å². The van der Waals surface area contributed by atoms with Gasteiger partial charge in [0.25, 0.3) is 0 Å². The quantitative estimate of drug-likeness (QED) is 0.572. The van der Waals surface area contributed by atoms with E-state index in [0.29, 0.717) is 6.54 Å². The minimum Gasteiger partial charge on any atom is -0.465 e. The van der Waals surface area contributed by atoms with Crippen molar-refractivity contribution in [3.8, 4) is 0 Å². The maximum absolute atomic E-state index is 12.3. The molecular weight excluding hydrogens is 266 g/mol. The van der Waals surface area contributed by atoms with Crippen LogP contribution in [0.2, 0.25) is 0 Å². The van der Waals surface area contributed by atoms with Crippen LogP contribution in [0.1, 0.15) is 31.9 Å². The van der Waals surface area contributed by atoms with Crippen LogP contribution in [-0.2, 0) is 20.9 Å². The highest BCUT2D eigenvalue weighted by Gasteiger charge is 2.37. The van der Waals surface area contributed by atoms with Crippen LogP contribution in [0, 0.1) is 12.3 Å². The van der Waals surface area contributed by atoms with Crippen molar-refractivity contribution >= 4 is 11.8 Å². The van der Waals surface area contributed by atoms with Crippen molar-refractivity contribution < 1.29 is 14.3 Å². The lowest BCUT2D eigenvalue weighted by atomic mass is 9.88. The fraction of sp³-hybridized carbons (Fsp3) is 0.529. The molecule has 1 rings (SSSR count). The van der Waals surface area contributed by atoms with Gasteiger partial charge in [-0.25, -0.2) is 0 Å². The van der Waals surface area contributed by atoms with Gasteiger partial charge in [-0.2, -0.15) is 0 Å². The van der Waals surface area contributed by atoms with Gasteiger partial charge in [-0.05, 0) is 40.3 Å². The van der Waals surface area contributed by atoms with Crippen molar-refractivity contribution in [1.82, 2.24) is 4.90 Å². The molecule has 0 unspecified atom stereocenters. The maximum Gasteiger partial charge on any atom is 0.319 e. The zero-order valence-corrected chi connectivity index (χ0v) is 13.6. The molecule has 4 heteroatoms. The summed E-state index contributed by atoms with van der Waals surface area (Å²) in [6, 6.07) is 8.17. The van der Waals surface area contributed by atoms with E-state index in [1.54, 1.807) is 20.8 Å². The summed E-state index contributed by atoms with van der Waals surface area (Å²) >= 11 is 0. The number of benzene rings is 1. The zero-order valence-electron chi connectivity index (χ0n) is 13.6. The number of aryl methyl sites for hydroxylation is 1. The molecule has 1 aromatic carbocycles. The summed E-state index contributed by atoms with van der Waals surface area (Å²) in [5.41, 5.74) is 1.25. The molecule has 0 bridgehead atoms. The summed E-state index contributed by atoms with van der Waals surface area (Å²) in [6.45, 7) is 8.20. The van der Waals surface area contributed by atoms with Crippen molar-refractivity contribution in [2.24, 2.45) is 5.41 Å². The van der Waals surface area contributed by atoms with E-state index in [1.165, 1.54) is 5.56 Å². The molecule has 0 aromatic heterocycles. The minimum absolute atomic E-state index is 0.129. The van der Waals surface area contributed by atoms with Gasteiger partial charge in [0.2, 0.25) is 0 Å². The Morgan fingerprint density at radius 3 is 2.52 bits per heavy atom. The van der Waals surface area contributed by atoms with Gasteiger partial charge in [0.1, 0.15) is 5.41 Å². The molecule has 0 atom stereocenters. The fourth-order valence-electron chi connectivity index (χ4n) is 2.05. The number of hydrogen-bond donors (Lipinski definition) is 0. The first-order valence-corrected chi connectivity index (χ1v) is 7.22. The molecule has 0 aliphatic rings. The highest BCUT2D eigenvalue weighted by Crippen LogP contribution is 2.20. The molecule has 0 heterocycles. The fourth-order valence-corrected chi connectivity index (χ4v) is 2.05. The number of ketones is 1. The normalized spacial score (nSPS) is 11.5. The second-order valence-corrected chi connectivity index (χ2v) is 5.93. The highest BCUT2D eigenvalue weighted by atomic mass is 16.5. The van der Waals surface area contributed by atoms with Crippen LogP contribution in [0.15, 0.2) is 24.3 Å². The third-order valence-electron chi connectivity index (χ3n) is 3.43. The first-order valence-electron chi connectivity index (χ1n) is 7.22. The van der Waals surface area contributed by atoms with E-state index in [4.69, 9.17) is 4.74 Å². The number of esters is 1. The molecule has 0 saturated carbocycles. The van der Waals surface area contributed by atoms with Crippen molar-refractivity contribution in [3.05, 3.63) is 35.4 Å². The average Bonchev–Trinajstić information content (AvgIpc) is 2.38. The van der Waals surface area contributed by atoms with Crippen LogP contribution in [0.25, 0.3) is 0 Å². The Morgan fingerprint density at radius 1 is 1.29 bits per heavy atom. The lowest BCUT2D eigenvalue weighted by molar-refractivity contribution is -0.158. The molecule has 0 spiro atoms. The van der Waals surface area contributed by atoms with E-state index >= 15 is 0 Å². The Hall–Kier alpha value is -1.68. The summed E-state index contributed by atoms with van der Waals surface area (Å²) in [6.07, 6.45) is 0. The van der Waals surface area contributed by atoms with Crippen molar-refractivity contribution in [1.29, 1.82) is 0 Å². The van der Waals surface area contributed by atoms with Gasteiger partial charge in [-0.1, -0.05) is 29.8 Å². The summed E-state index contributed by atoms with van der Waals surface area (Å²) in [7, 11) is 1.88. The van der Waals surface area contributed by atoms with Gasteiger partial charge in [-0.3, -0.25) is 14.5 Å². The summed E-state index contributed by atoms with van der Waals surface area (Å²) in [5, 5.41) is 0. The molecule has 0 aliphatic carbocycles. The maximum atomic E-state index is 12.3. The first kappa shape index (κ1) is 17.4. The number of Topliss-reactive ketones (excluding diaryl/α,β-unsaturated/α-hetero) is 1. The smallest absolute Gasteiger partial charge is 0.319 e. The lowest BCUT2D eigenvalue weighted by Crippen LogP contribution is -2.41. The van der Waals surface area contributed by atoms with Crippen molar-refractivity contribution in [3.63, 3.8) is 0 Å². The van der Waals surface area contributed by atoms with E-state index in [-0.39, 0.29) is 18.9 Å². The number of nitrogens with zero attached hydrogens (tertiary/aromatic N) is 1. The molecule has 1 aromatic rings. The van der Waals surface area contributed by atoms with Crippen LogP contribution < -0.4 is 0 Å². The number of hydrogen-bond acceptors (Lipinski definition) is 4. The SMILES string of the molecule is CCOC(=O)C(C)(C)C(=O)CN(C)Cc1cccc(C)c1. The molecule has 0 amide bonds. The van der Waals surface area contributed by atoms with Gasteiger partial charge in [-0.15, -0.1) is 0 Å². The predicted molar refractivity (Wildman–Crippen MR) is 82.9 cm³/mol. The van der Waals surface area contributed by atoms with Crippen LogP contribution in [0.5, 0.6) is 0 Å². The van der Waals surface area contributed by atoms with E-state index in [2.05, 4.69) is 6.07 Å². The number of carbonyl (C=O) groups excluding carboxylic acids is 2. The van der Waals surface area contributed by atoms with Crippen LogP contribution in [0.3, 0.4) is 0 Å². The van der Waals surface area contributed by atoms with E-state index in [0.717, 1.165) is 5.56 Å². The predicted octanol–water partition coefficient (Wildman–Crippen LogP) is 2.59. The minimum atomic E-state index is -1.10. The Morgan fingerprint density at radius 2 is 1.95 bits per heavy atom. The van der Waals surface area contributed by atoms with Gasteiger partial charge in [0.05, 0.1) is 13.2 Å². The van der Waals surface area contributed by atoms with E-state index in [1.807, 2.05) is 37.1 Å². The van der Waals surface area contributed by atoms with Gasteiger partial charge in [0, 0.05) is 6.54 Å². The molecule has 0 radical (unpaired) electrons. The topological polar surface area (TPSA) is 46.6 Å². The summed E-state index contributed by atoms with van der Waals surface area (Å²) in [4.78, 5) is 26.1. The largest absolute Gasteiger partial charge is 0.465 e. The third kappa shape index (κ3) is 4.97. The molecule has 0 fully saturated rings. The molecule has 116 valence electrons. The van der Waals surface area contributed by atoms with Gasteiger partial charge in [0.15, 0.2) is 5.78 Å². The van der Waals surface area contributed by atoms with E-state index < -0.39 is 11.4 Å². The number of carbonyl (C=O) groups is 2. The highest BCUT2D eigenvalue weighted by molar-refractivity contribution is 6.03. The summed E-state index contributed by atoms with van der Waals surface area (Å²) in [5.74, 6) is -0.588.